The van der Waals surface area contributed by atoms with Crippen molar-refractivity contribution in [3.05, 3.63) is 48.4 Å². The number of anilines is 1. The lowest BCUT2D eigenvalue weighted by Gasteiger charge is -2.26. The number of rotatable bonds is 5. The van der Waals surface area contributed by atoms with Gasteiger partial charge >= 0.3 is 0 Å². The maximum atomic E-state index is 6.14. The van der Waals surface area contributed by atoms with Crippen LogP contribution in [0.5, 0.6) is 0 Å². The number of hydrogen-bond acceptors (Lipinski definition) is 7. The smallest absolute Gasteiger partial charge is 0.231 e. The number of fused-ring (bicyclic) bond motifs is 1. The van der Waals surface area contributed by atoms with Crippen molar-refractivity contribution in [2.24, 2.45) is 0 Å². The largest absolute Gasteiger partial charge is 0.436 e. The molecular weight excluding hydrogens is 368 g/mol. The van der Waals surface area contributed by atoms with Gasteiger partial charge in [-0.05, 0) is 18.2 Å². The molecule has 8 heteroatoms. The van der Waals surface area contributed by atoms with Gasteiger partial charge in [-0.3, -0.25) is 10.00 Å². The molecule has 0 saturated carbocycles. The average Bonchev–Trinajstić information content (AvgIpc) is 3.40. The molecule has 0 amide bonds. The van der Waals surface area contributed by atoms with Gasteiger partial charge in [0.05, 0.1) is 24.5 Å². The summed E-state index contributed by atoms with van der Waals surface area (Å²) >= 11 is 0. The van der Waals surface area contributed by atoms with E-state index < -0.39 is 0 Å². The van der Waals surface area contributed by atoms with E-state index in [1.165, 1.54) is 0 Å². The molecule has 148 valence electrons. The SMILES string of the molecule is Nc1ncc(-c2c[nH]nc2CCN2CCOCC2)cc1-c1nc2ccccc2o1. The number of oxazole rings is 1. The molecule has 0 unspecified atom stereocenters. The van der Waals surface area contributed by atoms with Crippen LogP contribution in [-0.2, 0) is 11.2 Å². The van der Waals surface area contributed by atoms with Crippen LogP contribution < -0.4 is 5.73 Å². The number of nitrogens with two attached hydrogens (primary N) is 1. The van der Waals surface area contributed by atoms with Crippen molar-refractivity contribution in [2.45, 2.75) is 6.42 Å². The number of nitrogen functional groups attached to an aromatic ring is 1. The van der Waals surface area contributed by atoms with Crippen molar-refractivity contribution >= 4 is 16.9 Å². The number of aromatic nitrogens is 4. The highest BCUT2D eigenvalue weighted by Crippen LogP contribution is 2.32. The van der Waals surface area contributed by atoms with Crippen LogP contribution in [0, 0.1) is 0 Å². The zero-order valence-corrected chi connectivity index (χ0v) is 16.0. The number of pyridine rings is 1. The van der Waals surface area contributed by atoms with Gasteiger partial charge in [0.2, 0.25) is 5.89 Å². The second-order valence-corrected chi connectivity index (χ2v) is 7.09. The fraction of sp³-hybridized carbons (Fsp3) is 0.286. The third kappa shape index (κ3) is 3.59. The molecule has 0 aliphatic carbocycles. The highest BCUT2D eigenvalue weighted by Gasteiger charge is 2.17. The summed E-state index contributed by atoms with van der Waals surface area (Å²) in [4.78, 5) is 11.3. The Morgan fingerprint density at radius 3 is 2.86 bits per heavy atom. The van der Waals surface area contributed by atoms with Crippen LogP contribution >= 0.6 is 0 Å². The van der Waals surface area contributed by atoms with Gasteiger partial charge in [0.15, 0.2) is 5.58 Å². The van der Waals surface area contributed by atoms with E-state index in [1.807, 2.05) is 36.5 Å². The minimum atomic E-state index is 0.388. The molecule has 0 radical (unpaired) electrons. The molecule has 1 saturated heterocycles. The highest BCUT2D eigenvalue weighted by atomic mass is 16.5. The number of hydrogen-bond donors (Lipinski definition) is 2. The van der Waals surface area contributed by atoms with Crippen molar-refractivity contribution in [3.63, 3.8) is 0 Å². The molecule has 8 nitrogen and oxygen atoms in total. The number of ether oxygens (including phenoxy) is 1. The second-order valence-electron chi connectivity index (χ2n) is 7.09. The quantitative estimate of drug-likeness (QED) is 0.540. The highest BCUT2D eigenvalue weighted by molar-refractivity contribution is 5.81. The summed E-state index contributed by atoms with van der Waals surface area (Å²) in [5.74, 6) is 0.857. The summed E-state index contributed by atoms with van der Waals surface area (Å²) < 4.78 is 11.3. The average molecular weight is 390 g/mol. The summed E-state index contributed by atoms with van der Waals surface area (Å²) in [5, 5.41) is 7.44. The minimum Gasteiger partial charge on any atom is -0.436 e. The maximum absolute atomic E-state index is 6.14. The monoisotopic (exact) mass is 390 g/mol. The normalized spacial score (nSPS) is 15.2. The van der Waals surface area contributed by atoms with Gasteiger partial charge < -0.3 is 14.9 Å². The Morgan fingerprint density at radius 1 is 1.14 bits per heavy atom. The molecule has 29 heavy (non-hydrogen) atoms. The van der Waals surface area contributed by atoms with Crippen LogP contribution in [0.2, 0.25) is 0 Å². The van der Waals surface area contributed by atoms with Gasteiger partial charge in [-0.2, -0.15) is 5.10 Å². The first-order chi connectivity index (χ1) is 14.3. The lowest BCUT2D eigenvalue weighted by atomic mass is 10.0. The fourth-order valence-electron chi connectivity index (χ4n) is 3.63. The Labute approximate surface area is 167 Å². The Kier molecular flexibility index (Phi) is 4.71. The number of para-hydroxylation sites is 2. The lowest BCUT2D eigenvalue weighted by molar-refractivity contribution is 0.0383. The molecule has 0 atom stereocenters. The fourth-order valence-corrected chi connectivity index (χ4v) is 3.63. The van der Waals surface area contributed by atoms with E-state index in [2.05, 4.69) is 25.1 Å². The van der Waals surface area contributed by atoms with E-state index >= 15 is 0 Å². The minimum absolute atomic E-state index is 0.388. The third-order valence-corrected chi connectivity index (χ3v) is 5.24. The molecule has 0 spiro atoms. The molecule has 1 aliphatic heterocycles. The van der Waals surface area contributed by atoms with Crippen molar-refractivity contribution in [2.75, 3.05) is 38.6 Å². The first-order valence-electron chi connectivity index (χ1n) is 9.72. The second kappa shape index (κ2) is 7.65. The third-order valence-electron chi connectivity index (χ3n) is 5.24. The molecule has 1 aliphatic rings. The molecule has 5 rings (SSSR count). The van der Waals surface area contributed by atoms with Crippen LogP contribution in [0.25, 0.3) is 33.7 Å². The molecule has 0 bridgehead atoms. The number of H-pyrrole nitrogens is 1. The number of aromatic amines is 1. The van der Waals surface area contributed by atoms with Crippen LogP contribution in [0.4, 0.5) is 5.82 Å². The molecule has 1 aromatic carbocycles. The molecular formula is C21H22N6O2. The lowest BCUT2D eigenvalue weighted by Crippen LogP contribution is -2.37. The zero-order chi connectivity index (χ0) is 19.6. The molecule has 4 aromatic rings. The van der Waals surface area contributed by atoms with Gasteiger partial charge in [-0.1, -0.05) is 12.1 Å². The Hall–Kier alpha value is -3.23. The summed E-state index contributed by atoms with van der Waals surface area (Å²) in [5.41, 5.74) is 11.3. The Bertz CT molecular complexity index is 1100. The van der Waals surface area contributed by atoms with Gasteiger partial charge in [0.1, 0.15) is 11.3 Å². The van der Waals surface area contributed by atoms with Crippen molar-refractivity contribution in [3.8, 4) is 22.6 Å². The number of nitrogens with zero attached hydrogens (tertiary/aromatic N) is 4. The van der Waals surface area contributed by atoms with E-state index in [-0.39, 0.29) is 0 Å². The van der Waals surface area contributed by atoms with Crippen molar-refractivity contribution in [1.82, 2.24) is 25.1 Å². The number of benzene rings is 1. The first kappa shape index (κ1) is 17.8. The van der Waals surface area contributed by atoms with Crippen LogP contribution in [0.15, 0.2) is 47.1 Å². The van der Waals surface area contributed by atoms with E-state index in [4.69, 9.17) is 14.9 Å². The zero-order valence-electron chi connectivity index (χ0n) is 16.0. The molecule has 3 aromatic heterocycles. The topological polar surface area (TPSA) is 106 Å². The maximum Gasteiger partial charge on any atom is 0.231 e. The Morgan fingerprint density at radius 2 is 2.00 bits per heavy atom. The van der Waals surface area contributed by atoms with Crippen molar-refractivity contribution < 1.29 is 9.15 Å². The number of morpholine rings is 1. The summed E-state index contributed by atoms with van der Waals surface area (Å²) in [7, 11) is 0. The van der Waals surface area contributed by atoms with E-state index in [0.717, 1.165) is 67.2 Å². The standard InChI is InChI=1S/C21H22N6O2/c22-20-15(21-25-18-3-1-2-4-19(18)29-21)11-14(12-23-20)16-13-24-26-17(16)5-6-27-7-9-28-10-8-27/h1-4,11-13H,5-10H2,(H2,22,23)(H,24,26). The van der Waals surface area contributed by atoms with Crippen molar-refractivity contribution in [1.29, 1.82) is 0 Å². The molecule has 3 N–H and O–H groups in total. The van der Waals surface area contributed by atoms with Gasteiger partial charge in [0, 0.05) is 49.6 Å². The molecule has 1 fully saturated rings. The van der Waals surface area contributed by atoms with E-state index in [9.17, 15) is 0 Å². The predicted molar refractivity (Wildman–Crippen MR) is 110 cm³/mol. The van der Waals surface area contributed by atoms with Gasteiger partial charge in [-0.15, -0.1) is 0 Å². The van der Waals surface area contributed by atoms with Crippen LogP contribution in [0.3, 0.4) is 0 Å². The van der Waals surface area contributed by atoms with E-state index in [1.54, 1.807) is 6.20 Å². The van der Waals surface area contributed by atoms with E-state index in [0.29, 0.717) is 17.3 Å². The van der Waals surface area contributed by atoms with Crippen LogP contribution in [0.1, 0.15) is 5.69 Å². The summed E-state index contributed by atoms with van der Waals surface area (Å²) in [6, 6.07) is 9.62. The summed E-state index contributed by atoms with van der Waals surface area (Å²) in [6.07, 6.45) is 4.52. The molecule has 4 heterocycles. The Balaban J connectivity index is 1.43. The first-order valence-corrected chi connectivity index (χ1v) is 9.72. The predicted octanol–water partition coefficient (Wildman–Crippen LogP) is 2.74. The van der Waals surface area contributed by atoms with Gasteiger partial charge in [0.25, 0.3) is 0 Å². The van der Waals surface area contributed by atoms with Crippen LogP contribution in [-0.4, -0.2) is 57.9 Å². The van der Waals surface area contributed by atoms with Gasteiger partial charge in [-0.25, -0.2) is 9.97 Å². The number of nitrogens with one attached hydrogen (secondary N) is 1. The summed E-state index contributed by atoms with van der Waals surface area (Å²) in [6.45, 7) is 4.46.